The number of aliphatic hydroxyl groups excluding tert-OH is 1. The number of nitrogens with zero attached hydrogens (tertiary/aromatic N) is 1. The maximum absolute atomic E-state index is 10.3. The molecule has 1 aromatic rings. The molecule has 6 nitrogen and oxygen atoms in total. The number of nitro groups is 1. The number of aliphatic hydroxyl groups is 1. The third-order valence-electron chi connectivity index (χ3n) is 2.12. The third kappa shape index (κ3) is 2.83. The molecule has 0 saturated carbocycles. The quantitative estimate of drug-likeness (QED) is 0.599. The lowest BCUT2D eigenvalue weighted by Crippen LogP contribution is -2.12. The fourth-order valence-electron chi connectivity index (χ4n) is 1.34. The average Bonchev–Trinajstić information content (AvgIpc) is 2.27. The van der Waals surface area contributed by atoms with Crippen LogP contribution in [0.25, 0.3) is 0 Å². The first-order chi connectivity index (χ1) is 7.58. The van der Waals surface area contributed by atoms with Crippen molar-refractivity contribution in [1.29, 1.82) is 0 Å². The van der Waals surface area contributed by atoms with Crippen molar-refractivity contribution in [3.05, 3.63) is 33.9 Å². The van der Waals surface area contributed by atoms with E-state index in [0.717, 1.165) is 0 Å². The maximum atomic E-state index is 10.3. The molecule has 0 bridgehead atoms. The van der Waals surface area contributed by atoms with Gasteiger partial charge in [-0.2, -0.15) is 0 Å². The van der Waals surface area contributed by atoms with E-state index in [0.29, 0.717) is 17.1 Å². The summed E-state index contributed by atoms with van der Waals surface area (Å²) in [6.07, 6.45) is -1.21. The van der Waals surface area contributed by atoms with Crippen LogP contribution in [0.2, 0.25) is 0 Å². The van der Waals surface area contributed by atoms with E-state index in [1.54, 1.807) is 12.1 Å². The Labute approximate surface area is 92.6 Å². The lowest BCUT2D eigenvalue weighted by Gasteiger charge is -2.12. The second-order valence-corrected chi connectivity index (χ2v) is 3.14. The summed E-state index contributed by atoms with van der Waals surface area (Å²) in [5.74, 6) is 0.911. The predicted octanol–water partition coefficient (Wildman–Crippen LogP) is 1.01. The van der Waals surface area contributed by atoms with E-state index >= 15 is 0 Å². The number of rotatable bonds is 5. The van der Waals surface area contributed by atoms with Crippen LogP contribution in [0.5, 0.6) is 11.5 Å². The highest BCUT2D eigenvalue weighted by Gasteiger charge is 2.19. The summed E-state index contributed by atoms with van der Waals surface area (Å²) in [6.45, 7) is -0.566. The van der Waals surface area contributed by atoms with Gasteiger partial charge in [0.1, 0.15) is 17.6 Å². The number of hydrogen-bond acceptors (Lipinski definition) is 5. The molecule has 1 atom stereocenters. The summed E-state index contributed by atoms with van der Waals surface area (Å²) >= 11 is 0. The van der Waals surface area contributed by atoms with Crippen molar-refractivity contribution in [2.24, 2.45) is 0 Å². The molecule has 0 heterocycles. The third-order valence-corrected chi connectivity index (χ3v) is 2.12. The zero-order valence-electron chi connectivity index (χ0n) is 9.04. The van der Waals surface area contributed by atoms with Gasteiger partial charge in [-0.15, -0.1) is 0 Å². The minimum Gasteiger partial charge on any atom is -0.497 e. The van der Waals surface area contributed by atoms with E-state index in [1.807, 2.05) is 0 Å². The van der Waals surface area contributed by atoms with Crippen LogP contribution in [-0.4, -0.2) is 30.8 Å². The SMILES string of the molecule is COc1ccc(OC)c([C@@H](O)C[N+](=O)[O-])c1. The first kappa shape index (κ1) is 12.3. The molecule has 0 unspecified atom stereocenters. The Morgan fingerprint density at radius 2 is 2.12 bits per heavy atom. The molecule has 0 radical (unpaired) electrons. The van der Waals surface area contributed by atoms with Gasteiger partial charge in [-0.1, -0.05) is 0 Å². The minimum atomic E-state index is -1.21. The number of methoxy groups -OCH3 is 2. The second-order valence-electron chi connectivity index (χ2n) is 3.14. The van der Waals surface area contributed by atoms with Crippen molar-refractivity contribution in [3.8, 4) is 11.5 Å². The van der Waals surface area contributed by atoms with Crippen LogP contribution in [0.3, 0.4) is 0 Å². The summed E-state index contributed by atoms with van der Waals surface area (Å²) in [7, 11) is 2.91. The number of benzene rings is 1. The molecule has 1 N–H and O–H groups in total. The lowest BCUT2D eigenvalue weighted by molar-refractivity contribution is -0.491. The predicted molar refractivity (Wildman–Crippen MR) is 56.4 cm³/mol. The standard InChI is InChI=1S/C10H13NO5/c1-15-7-3-4-10(16-2)8(5-7)9(12)6-11(13)14/h3-5,9,12H,6H2,1-2H3/t9-/m0/s1. The molecule has 0 aliphatic rings. The molecule has 0 aliphatic heterocycles. The highest BCUT2D eigenvalue weighted by Crippen LogP contribution is 2.29. The molecule has 88 valence electrons. The first-order valence-corrected chi connectivity index (χ1v) is 4.60. The van der Waals surface area contributed by atoms with Crippen molar-refractivity contribution in [3.63, 3.8) is 0 Å². The molecule has 0 spiro atoms. The Bertz CT molecular complexity index is 379. The molecular formula is C10H13NO5. The first-order valence-electron chi connectivity index (χ1n) is 4.60. The highest BCUT2D eigenvalue weighted by molar-refractivity contribution is 5.41. The summed E-state index contributed by atoms with van der Waals surface area (Å²) < 4.78 is 9.98. The van der Waals surface area contributed by atoms with Crippen molar-refractivity contribution in [2.45, 2.75) is 6.10 Å². The van der Waals surface area contributed by atoms with E-state index in [2.05, 4.69) is 0 Å². The summed E-state index contributed by atoms with van der Waals surface area (Å²) in [4.78, 5) is 9.73. The van der Waals surface area contributed by atoms with E-state index in [4.69, 9.17) is 9.47 Å². The average molecular weight is 227 g/mol. The summed E-state index contributed by atoms with van der Waals surface area (Å²) in [6, 6.07) is 4.77. The number of ether oxygens (including phenoxy) is 2. The van der Waals surface area contributed by atoms with Gasteiger partial charge >= 0.3 is 0 Å². The molecule has 0 amide bonds. The largest absolute Gasteiger partial charge is 0.497 e. The van der Waals surface area contributed by atoms with Crippen LogP contribution in [0, 0.1) is 10.1 Å². The Morgan fingerprint density at radius 1 is 1.44 bits per heavy atom. The van der Waals surface area contributed by atoms with Crippen molar-refractivity contribution >= 4 is 0 Å². The smallest absolute Gasteiger partial charge is 0.233 e. The van der Waals surface area contributed by atoms with Crippen molar-refractivity contribution < 1.29 is 19.5 Å². The lowest BCUT2D eigenvalue weighted by atomic mass is 10.1. The number of hydrogen-bond donors (Lipinski definition) is 1. The van der Waals surface area contributed by atoms with Gasteiger partial charge in [0.15, 0.2) is 0 Å². The van der Waals surface area contributed by atoms with Gasteiger partial charge in [0.05, 0.1) is 14.2 Å². The van der Waals surface area contributed by atoms with Crippen molar-refractivity contribution in [2.75, 3.05) is 20.8 Å². The minimum absolute atomic E-state index is 0.346. The van der Waals surface area contributed by atoms with Gasteiger partial charge in [0.25, 0.3) is 0 Å². The molecule has 0 aliphatic carbocycles. The van der Waals surface area contributed by atoms with E-state index in [9.17, 15) is 15.2 Å². The molecule has 16 heavy (non-hydrogen) atoms. The highest BCUT2D eigenvalue weighted by atomic mass is 16.6. The zero-order chi connectivity index (χ0) is 12.1. The maximum Gasteiger partial charge on any atom is 0.233 e. The fraction of sp³-hybridized carbons (Fsp3) is 0.400. The molecule has 1 aromatic carbocycles. The van der Waals surface area contributed by atoms with Gasteiger partial charge in [-0.05, 0) is 18.2 Å². The van der Waals surface area contributed by atoms with Gasteiger partial charge in [-0.25, -0.2) is 0 Å². The molecular weight excluding hydrogens is 214 g/mol. The zero-order valence-corrected chi connectivity index (χ0v) is 9.04. The van der Waals surface area contributed by atoms with Gasteiger partial charge in [0.2, 0.25) is 6.54 Å². The molecule has 6 heteroatoms. The monoisotopic (exact) mass is 227 g/mol. The molecule has 0 aromatic heterocycles. The van der Waals surface area contributed by atoms with Crippen LogP contribution in [0.15, 0.2) is 18.2 Å². The summed E-state index contributed by atoms with van der Waals surface area (Å²) in [5, 5.41) is 20.0. The molecule has 1 rings (SSSR count). The molecule has 0 fully saturated rings. The molecule has 0 saturated heterocycles. The van der Waals surface area contributed by atoms with Gasteiger partial charge in [-0.3, -0.25) is 10.1 Å². The Hall–Kier alpha value is -1.82. The van der Waals surface area contributed by atoms with E-state index in [-0.39, 0.29) is 0 Å². The van der Waals surface area contributed by atoms with Crippen LogP contribution in [0.1, 0.15) is 11.7 Å². The van der Waals surface area contributed by atoms with Crippen LogP contribution < -0.4 is 9.47 Å². The van der Waals surface area contributed by atoms with Gasteiger partial charge in [0, 0.05) is 10.5 Å². The van der Waals surface area contributed by atoms with Crippen LogP contribution in [-0.2, 0) is 0 Å². The topological polar surface area (TPSA) is 81.8 Å². The second kappa shape index (κ2) is 5.32. The summed E-state index contributed by atoms with van der Waals surface area (Å²) in [5.41, 5.74) is 0.346. The van der Waals surface area contributed by atoms with Crippen LogP contribution in [0.4, 0.5) is 0 Å². The van der Waals surface area contributed by atoms with Crippen LogP contribution >= 0.6 is 0 Å². The van der Waals surface area contributed by atoms with E-state index < -0.39 is 17.6 Å². The fourth-order valence-corrected chi connectivity index (χ4v) is 1.34. The Balaban J connectivity index is 3.02. The Kier molecular flexibility index (Phi) is 4.07. The van der Waals surface area contributed by atoms with Crippen molar-refractivity contribution in [1.82, 2.24) is 0 Å². The normalized spacial score (nSPS) is 11.9. The Morgan fingerprint density at radius 3 is 2.62 bits per heavy atom. The van der Waals surface area contributed by atoms with Gasteiger partial charge < -0.3 is 14.6 Å². The van der Waals surface area contributed by atoms with E-state index in [1.165, 1.54) is 20.3 Å².